The largest absolute Gasteiger partial charge is 0.486 e. The van der Waals surface area contributed by atoms with Gasteiger partial charge in [0.2, 0.25) is 5.95 Å². The normalized spacial score (nSPS) is 27.5. The molecule has 2 aromatic rings. The van der Waals surface area contributed by atoms with Crippen molar-refractivity contribution in [1.82, 2.24) is 15.0 Å². The van der Waals surface area contributed by atoms with Crippen LogP contribution in [0.5, 0.6) is 5.75 Å². The summed E-state index contributed by atoms with van der Waals surface area (Å²) in [5, 5.41) is 0. The summed E-state index contributed by atoms with van der Waals surface area (Å²) >= 11 is 0. The van der Waals surface area contributed by atoms with E-state index in [1.54, 1.807) is 24.8 Å². The Morgan fingerprint density at radius 2 is 2.14 bits per heavy atom. The molecule has 4 rings (SSSR count). The summed E-state index contributed by atoms with van der Waals surface area (Å²) in [7, 11) is 0. The van der Waals surface area contributed by atoms with Crippen molar-refractivity contribution < 1.29 is 9.47 Å². The average molecular weight is 298 g/mol. The lowest BCUT2D eigenvalue weighted by molar-refractivity contribution is 0.0195. The van der Waals surface area contributed by atoms with E-state index in [0.717, 1.165) is 37.6 Å². The standard InChI is InChI=1S/C16H18N4O2/c1-3-13(10-17-5-1)22-14-9-16(21-11-14)4-8-20(12-16)15-18-6-2-7-19-15/h1-3,5-7,10,14H,4,8-9,11-12H2/t14-,16+/m0/s1. The lowest BCUT2D eigenvalue weighted by Crippen LogP contribution is -2.34. The van der Waals surface area contributed by atoms with E-state index < -0.39 is 0 Å². The Morgan fingerprint density at radius 3 is 2.95 bits per heavy atom. The highest BCUT2D eigenvalue weighted by Gasteiger charge is 2.47. The Balaban J connectivity index is 1.40. The molecule has 0 aliphatic carbocycles. The maximum atomic E-state index is 6.10. The number of hydrogen-bond donors (Lipinski definition) is 0. The zero-order valence-corrected chi connectivity index (χ0v) is 12.3. The van der Waals surface area contributed by atoms with E-state index in [-0.39, 0.29) is 11.7 Å². The molecule has 4 heterocycles. The Kier molecular flexibility index (Phi) is 3.38. The van der Waals surface area contributed by atoms with Crippen LogP contribution < -0.4 is 9.64 Å². The molecule has 2 aliphatic heterocycles. The van der Waals surface area contributed by atoms with E-state index in [1.165, 1.54) is 0 Å². The lowest BCUT2D eigenvalue weighted by Gasteiger charge is -2.23. The van der Waals surface area contributed by atoms with Gasteiger partial charge in [0.15, 0.2) is 0 Å². The van der Waals surface area contributed by atoms with Crippen LogP contribution in [-0.2, 0) is 4.74 Å². The van der Waals surface area contributed by atoms with E-state index in [0.29, 0.717) is 6.61 Å². The van der Waals surface area contributed by atoms with Gasteiger partial charge in [0.05, 0.1) is 24.9 Å². The quantitative estimate of drug-likeness (QED) is 0.859. The lowest BCUT2D eigenvalue weighted by atomic mass is 9.98. The predicted octanol–water partition coefficient (Wildman–Crippen LogP) is 1.69. The van der Waals surface area contributed by atoms with Crippen molar-refractivity contribution in [3.8, 4) is 5.75 Å². The maximum absolute atomic E-state index is 6.10. The molecule has 0 radical (unpaired) electrons. The summed E-state index contributed by atoms with van der Waals surface area (Å²) in [6.07, 6.45) is 9.00. The first-order chi connectivity index (χ1) is 10.8. The molecule has 0 amide bonds. The van der Waals surface area contributed by atoms with Gasteiger partial charge >= 0.3 is 0 Å². The van der Waals surface area contributed by atoms with Gasteiger partial charge in [-0.1, -0.05) is 0 Å². The fourth-order valence-corrected chi connectivity index (χ4v) is 3.24. The molecule has 2 aromatic heterocycles. The van der Waals surface area contributed by atoms with Crippen molar-refractivity contribution in [2.75, 3.05) is 24.6 Å². The fraction of sp³-hybridized carbons (Fsp3) is 0.438. The number of ether oxygens (including phenoxy) is 2. The van der Waals surface area contributed by atoms with Gasteiger partial charge in [0, 0.05) is 31.6 Å². The monoisotopic (exact) mass is 298 g/mol. The van der Waals surface area contributed by atoms with Gasteiger partial charge < -0.3 is 14.4 Å². The maximum Gasteiger partial charge on any atom is 0.225 e. The minimum atomic E-state index is -0.133. The molecular formula is C16H18N4O2. The van der Waals surface area contributed by atoms with Gasteiger partial charge in [0.1, 0.15) is 11.9 Å². The van der Waals surface area contributed by atoms with E-state index in [2.05, 4.69) is 19.9 Å². The minimum Gasteiger partial charge on any atom is -0.486 e. The van der Waals surface area contributed by atoms with Crippen LogP contribution in [-0.4, -0.2) is 46.4 Å². The second-order valence-electron chi connectivity index (χ2n) is 5.85. The Hall–Kier alpha value is -2.21. The molecule has 6 heteroatoms. The molecule has 1 spiro atoms. The number of pyridine rings is 1. The molecule has 0 unspecified atom stereocenters. The smallest absolute Gasteiger partial charge is 0.225 e. The number of hydrogen-bond acceptors (Lipinski definition) is 6. The van der Waals surface area contributed by atoms with Crippen molar-refractivity contribution in [2.24, 2.45) is 0 Å². The molecule has 0 aromatic carbocycles. The topological polar surface area (TPSA) is 60.4 Å². The van der Waals surface area contributed by atoms with Crippen LogP contribution in [0.15, 0.2) is 43.0 Å². The number of anilines is 1. The third-order valence-corrected chi connectivity index (χ3v) is 4.26. The van der Waals surface area contributed by atoms with Crippen molar-refractivity contribution in [1.29, 1.82) is 0 Å². The summed E-state index contributed by atoms with van der Waals surface area (Å²) in [5.74, 6) is 1.58. The molecule has 114 valence electrons. The van der Waals surface area contributed by atoms with Crippen molar-refractivity contribution >= 4 is 5.95 Å². The van der Waals surface area contributed by atoms with Crippen molar-refractivity contribution in [3.05, 3.63) is 43.0 Å². The summed E-state index contributed by atoms with van der Waals surface area (Å²) < 4.78 is 12.1. The van der Waals surface area contributed by atoms with E-state index >= 15 is 0 Å². The molecule has 0 bridgehead atoms. The first kappa shape index (κ1) is 13.5. The number of rotatable bonds is 3. The van der Waals surface area contributed by atoms with Crippen molar-refractivity contribution in [2.45, 2.75) is 24.5 Å². The fourth-order valence-electron chi connectivity index (χ4n) is 3.24. The van der Waals surface area contributed by atoms with Crippen LogP contribution in [0.1, 0.15) is 12.8 Å². The van der Waals surface area contributed by atoms with Crippen LogP contribution in [0.25, 0.3) is 0 Å². The molecular weight excluding hydrogens is 280 g/mol. The van der Waals surface area contributed by atoms with E-state index in [4.69, 9.17) is 9.47 Å². The molecule has 2 atom stereocenters. The zero-order valence-electron chi connectivity index (χ0n) is 12.3. The molecule has 2 saturated heterocycles. The van der Waals surface area contributed by atoms with E-state index in [1.807, 2.05) is 18.2 Å². The number of nitrogens with zero attached hydrogens (tertiary/aromatic N) is 4. The van der Waals surface area contributed by atoms with Crippen molar-refractivity contribution in [3.63, 3.8) is 0 Å². The minimum absolute atomic E-state index is 0.0841. The molecule has 2 fully saturated rings. The van der Waals surface area contributed by atoms with Gasteiger partial charge in [-0.25, -0.2) is 9.97 Å². The summed E-state index contributed by atoms with van der Waals surface area (Å²) in [6, 6.07) is 5.64. The molecule has 22 heavy (non-hydrogen) atoms. The third kappa shape index (κ3) is 2.62. The highest BCUT2D eigenvalue weighted by Crippen LogP contribution is 2.37. The van der Waals surface area contributed by atoms with Crippen LogP contribution in [0.3, 0.4) is 0 Å². The Bertz CT molecular complexity index is 625. The third-order valence-electron chi connectivity index (χ3n) is 4.26. The highest BCUT2D eigenvalue weighted by molar-refractivity contribution is 5.33. The predicted molar refractivity (Wildman–Crippen MR) is 80.8 cm³/mol. The summed E-state index contributed by atoms with van der Waals surface area (Å²) in [5.41, 5.74) is -0.133. The molecule has 6 nitrogen and oxygen atoms in total. The Morgan fingerprint density at radius 1 is 1.23 bits per heavy atom. The number of aromatic nitrogens is 3. The second kappa shape index (κ2) is 5.53. The molecule has 0 saturated carbocycles. The highest BCUT2D eigenvalue weighted by atomic mass is 16.6. The van der Waals surface area contributed by atoms with Gasteiger partial charge in [-0.05, 0) is 24.6 Å². The zero-order chi connectivity index (χ0) is 14.8. The van der Waals surface area contributed by atoms with Gasteiger partial charge in [-0.3, -0.25) is 4.98 Å². The van der Waals surface area contributed by atoms with Gasteiger partial charge in [-0.15, -0.1) is 0 Å². The van der Waals surface area contributed by atoms with E-state index in [9.17, 15) is 0 Å². The first-order valence-corrected chi connectivity index (χ1v) is 7.56. The SMILES string of the molecule is c1cnc(N2CC[C@@]3(C[C@H](Oc4cccnc4)CO3)C2)nc1. The molecule has 0 N–H and O–H groups in total. The van der Waals surface area contributed by atoms with Crippen LogP contribution in [0, 0.1) is 0 Å². The van der Waals surface area contributed by atoms with Crippen LogP contribution in [0.2, 0.25) is 0 Å². The van der Waals surface area contributed by atoms with Gasteiger partial charge in [-0.2, -0.15) is 0 Å². The second-order valence-corrected chi connectivity index (χ2v) is 5.85. The summed E-state index contributed by atoms with van der Waals surface area (Å²) in [4.78, 5) is 14.9. The summed E-state index contributed by atoms with van der Waals surface area (Å²) in [6.45, 7) is 2.37. The average Bonchev–Trinajstić information content (AvgIpc) is 3.17. The van der Waals surface area contributed by atoms with Crippen LogP contribution >= 0.6 is 0 Å². The van der Waals surface area contributed by atoms with Crippen LogP contribution in [0.4, 0.5) is 5.95 Å². The Labute approximate surface area is 129 Å². The molecule has 2 aliphatic rings. The van der Waals surface area contributed by atoms with Gasteiger partial charge in [0.25, 0.3) is 0 Å². The first-order valence-electron chi connectivity index (χ1n) is 7.56.